The van der Waals surface area contributed by atoms with Gasteiger partial charge in [-0.25, -0.2) is 5.01 Å². The smallest absolute Gasteiger partial charge is 0.274 e. The highest BCUT2D eigenvalue weighted by Crippen LogP contribution is 2.37. The minimum atomic E-state index is -0.307. The number of hydrazone groups is 1. The molecule has 1 heterocycles. The molecule has 0 saturated heterocycles. The zero-order valence-corrected chi connectivity index (χ0v) is 17.4. The highest BCUT2D eigenvalue weighted by Gasteiger charge is 2.34. The Bertz CT molecular complexity index is 1110. The van der Waals surface area contributed by atoms with Gasteiger partial charge in [0.2, 0.25) is 0 Å². The third-order valence-corrected chi connectivity index (χ3v) is 5.42. The fourth-order valence-electron chi connectivity index (χ4n) is 3.51. The third kappa shape index (κ3) is 3.89. The first-order valence-corrected chi connectivity index (χ1v) is 9.94. The summed E-state index contributed by atoms with van der Waals surface area (Å²) in [5.74, 6) is 0.616. The van der Waals surface area contributed by atoms with E-state index in [9.17, 15) is 9.90 Å². The van der Waals surface area contributed by atoms with Crippen molar-refractivity contribution >= 4 is 23.2 Å². The Morgan fingerprint density at radius 3 is 2.47 bits per heavy atom. The summed E-state index contributed by atoms with van der Waals surface area (Å²) in [4.78, 5) is 13.3. The Morgan fingerprint density at radius 1 is 1.10 bits per heavy atom. The van der Waals surface area contributed by atoms with Gasteiger partial charge in [0, 0.05) is 22.6 Å². The molecule has 0 aliphatic carbocycles. The van der Waals surface area contributed by atoms with Gasteiger partial charge in [0.1, 0.15) is 11.5 Å². The van der Waals surface area contributed by atoms with Crippen molar-refractivity contribution in [3.05, 3.63) is 94.0 Å². The van der Waals surface area contributed by atoms with E-state index >= 15 is 0 Å². The van der Waals surface area contributed by atoms with Gasteiger partial charge in [-0.05, 0) is 55.0 Å². The van der Waals surface area contributed by atoms with Crippen molar-refractivity contribution in [3.8, 4) is 11.5 Å². The molecular weight excluding hydrogens is 400 g/mol. The maximum atomic E-state index is 13.3. The number of methoxy groups -OCH3 is 1. The van der Waals surface area contributed by atoms with Crippen LogP contribution in [0.4, 0.5) is 0 Å². The molecule has 1 aliphatic rings. The maximum absolute atomic E-state index is 13.3. The zero-order chi connectivity index (χ0) is 21.3. The van der Waals surface area contributed by atoms with Crippen LogP contribution < -0.4 is 4.74 Å². The number of rotatable bonds is 4. The first kappa shape index (κ1) is 20.0. The number of carbonyl (C=O) groups excluding carboxylic acids is 1. The molecule has 0 spiro atoms. The number of halogens is 1. The van der Waals surface area contributed by atoms with Crippen LogP contribution in [0.1, 0.15) is 39.5 Å². The fraction of sp³-hybridized carbons (Fsp3) is 0.167. The highest BCUT2D eigenvalue weighted by molar-refractivity contribution is 6.31. The van der Waals surface area contributed by atoms with Crippen LogP contribution in [0.15, 0.2) is 71.8 Å². The Labute approximate surface area is 180 Å². The number of amides is 1. The number of aryl methyl sites for hydroxylation is 1. The normalized spacial score (nSPS) is 15.8. The zero-order valence-electron chi connectivity index (χ0n) is 16.7. The summed E-state index contributed by atoms with van der Waals surface area (Å²) in [7, 11) is 1.61. The molecule has 1 aliphatic heterocycles. The summed E-state index contributed by atoms with van der Waals surface area (Å²) in [6.07, 6.45) is 0.456. The standard InChI is InChI=1S/C24H21ClN2O3/c1-15-3-5-17(6-4-15)24(29)27-22(16-7-10-19(30-2)11-8-16)14-21(26-27)20-13-18(25)9-12-23(20)28/h3-13,22,28H,14H2,1-2H3. The predicted molar refractivity (Wildman–Crippen MR) is 117 cm³/mol. The largest absolute Gasteiger partial charge is 0.507 e. The summed E-state index contributed by atoms with van der Waals surface area (Å²) in [5.41, 5.74) is 3.69. The lowest BCUT2D eigenvalue weighted by Crippen LogP contribution is -2.27. The lowest BCUT2D eigenvalue weighted by molar-refractivity contribution is 0.0711. The minimum Gasteiger partial charge on any atom is -0.507 e. The number of hydrogen-bond acceptors (Lipinski definition) is 4. The lowest BCUT2D eigenvalue weighted by atomic mass is 9.97. The molecule has 4 rings (SSSR count). The van der Waals surface area contributed by atoms with E-state index in [2.05, 4.69) is 5.10 Å². The SMILES string of the molecule is COc1ccc(C2CC(c3cc(Cl)ccc3O)=NN2C(=O)c2ccc(C)cc2)cc1. The number of phenols is 1. The van der Waals surface area contributed by atoms with E-state index in [4.69, 9.17) is 16.3 Å². The van der Waals surface area contributed by atoms with Gasteiger partial charge in [0.05, 0.1) is 18.9 Å². The summed E-state index contributed by atoms with van der Waals surface area (Å²) in [5, 5.41) is 16.9. The Balaban J connectivity index is 1.75. The van der Waals surface area contributed by atoms with Gasteiger partial charge < -0.3 is 9.84 Å². The highest BCUT2D eigenvalue weighted by atomic mass is 35.5. The number of nitrogens with zero attached hydrogens (tertiary/aromatic N) is 2. The average molecular weight is 421 g/mol. The van der Waals surface area contributed by atoms with Crippen LogP contribution >= 0.6 is 11.6 Å². The molecule has 3 aromatic rings. The molecule has 0 bridgehead atoms. The van der Waals surface area contributed by atoms with Crippen molar-refractivity contribution in [2.45, 2.75) is 19.4 Å². The van der Waals surface area contributed by atoms with Crippen LogP contribution in [-0.2, 0) is 0 Å². The summed E-state index contributed by atoms with van der Waals surface area (Å²) < 4.78 is 5.25. The van der Waals surface area contributed by atoms with Crippen LogP contribution in [0.3, 0.4) is 0 Å². The van der Waals surface area contributed by atoms with Gasteiger partial charge in [0.15, 0.2) is 0 Å². The Hall–Kier alpha value is -3.31. The molecule has 1 amide bonds. The molecule has 0 aromatic heterocycles. The monoisotopic (exact) mass is 420 g/mol. The minimum absolute atomic E-state index is 0.0799. The molecule has 1 N–H and O–H groups in total. The van der Waals surface area contributed by atoms with Gasteiger partial charge in [-0.15, -0.1) is 0 Å². The van der Waals surface area contributed by atoms with Gasteiger partial charge >= 0.3 is 0 Å². The molecule has 3 aromatic carbocycles. The molecule has 1 atom stereocenters. The van der Waals surface area contributed by atoms with Crippen LogP contribution in [0.25, 0.3) is 0 Å². The fourth-order valence-corrected chi connectivity index (χ4v) is 3.69. The van der Waals surface area contributed by atoms with Crippen LogP contribution in [0.2, 0.25) is 5.02 Å². The third-order valence-electron chi connectivity index (χ3n) is 5.19. The molecule has 30 heavy (non-hydrogen) atoms. The first-order chi connectivity index (χ1) is 14.5. The van der Waals surface area contributed by atoms with E-state index in [0.29, 0.717) is 28.3 Å². The lowest BCUT2D eigenvalue weighted by Gasteiger charge is -2.22. The van der Waals surface area contributed by atoms with Crippen LogP contribution in [-0.4, -0.2) is 28.8 Å². The topological polar surface area (TPSA) is 62.1 Å². The van der Waals surface area contributed by atoms with E-state index in [-0.39, 0.29) is 17.7 Å². The first-order valence-electron chi connectivity index (χ1n) is 9.57. The molecule has 0 radical (unpaired) electrons. The van der Waals surface area contributed by atoms with E-state index in [1.165, 1.54) is 11.1 Å². The van der Waals surface area contributed by atoms with Crippen LogP contribution in [0, 0.1) is 6.92 Å². The number of carbonyl (C=O) groups is 1. The van der Waals surface area contributed by atoms with Gasteiger partial charge in [-0.1, -0.05) is 41.4 Å². The second-order valence-corrected chi connectivity index (χ2v) is 7.65. The van der Waals surface area contributed by atoms with Gasteiger partial charge in [-0.3, -0.25) is 4.79 Å². The van der Waals surface area contributed by atoms with Crippen LogP contribution in [0.5, 0.6) is 11.5 Å². The number of benzene rings is 3. The molecule has 5 nitrogen and oxygen atoms in total. The summed E-state index contributed by atoms with van der Waals surface area (Å²) in [6, 6.07) is 19.5. The van der Waals surface area contributed by atoms with E-state index < -0.39 is 0 Å². The van der Waals surface area contributed by atoms with Crippen molar-refractivity contribution < 1.29 is 14.6 Å². The van der Waals surface area contributed by atoms with Crippen molar-refractivity contribution in [2.24, 2.45) is 5.10 Å². The van der Waals surface area contributed by atoms with Crippen molar-refractivity contribution in [2.75, 3.05) is 7.11 Å². The van der Waals surface area contributed by atoms with Crippen molar-refractivity contribution in [1.82, 2.24) is 5.01 Å². The number of phenolic OH excluding ortho intramolecular Hbond substituents is 1. The van der Waals surface area contributed by atoms with E-state index in [1.807, 2.05) is 43.3 Å². The summed E-state index contributed by atoms with van der Waals surface area (Å²) >= 11 is 6.13. The second kappa shape index (κ2) is 8.20. The number of hydrogen-bond donors (Lipinski definition) is 1. The molecule has 1 unspecified atom stereocenters. The number of aromatic hydroxyl groups is 1. The Kier molecular flexibility index (Phi) is 5.46. The Morgan fingerprint density at radius 2 is 1.80 bits per heavy atom. The van der Waals surface area contributed by atoms with Crippen molar-refractivity contribution in [3.63, 3.8) is 0 Å². The average Bonchev–Trinajstić information content (AvgIpc) is 3.20. The predicted octanol–water partition coefficient (Wildman–Crippen LogP) is 5.35. The maximum Gasteiger partial charge on any atom is 0.274 e. The quantitative estimate of drug-likeness (QED) is 0.618. The summed E-state index contributed by atoms with van der Waals surface area (Å²) in [6.45, 7) is 1.97. The number of ether oxygens (including phenoxy) is 1. The van der Waals surface area contributed by atoms with Crippen molar-refractivity contribution in [1.29, 1.82) is 0 Å². The molecule has 6 heteroatoms. The molecule has 0 fully saturated rings. The van der Waals surface area contributed by atoms with E-state index in [1.54, 1.807) is 31.4 Å². The second-order valence-electron chi connectivity index (χ2n) is 7.22. The van der Waals surface area contributed by atoms with Gasteiger partial charge in [-0.2, -0.15) is 5.10 Å². The van der Waals surface area contributed by atoms with Gasteiger partial charge in [0.25, 0.3) is 5.91 Å². The molecular formula is C24H21ClN2O3. The molecule has 152 valence electrons. The molecule has 0 saturated carbocycles. The van der Waals surface area contributed by atoms with E-state index in [0.717, 1.165) is 16.9 Å².